The molecule has 3 heterocycles. The fraction of sp³-hybridized carbons (Fsp3) is 0.800. The summed E-state index contributed by atoms with van der Waals surface area (Å²) < 4.78 is 78.3. The maximum atomic E-state index is 12.9. The van der Waals surface area contributed by atoms with E-state index in [1.54, 1.807) is 0 Å². The zero-order chi connectivity index (χ0) is 20.7. The largest absolute Gasteiger partial charge is 0.333 e. The van der Waals surface area contributed by atoms with E-state index in [0.717, 1.165) is 42.7 Å². The molecule has 2 fully saturated rings. The first kappa shape index (κ1) is 21.6. The Morgan fingerprint density at radius 2 is 1.82 bits per heavy atom. The second kappa shape index (κ2) is 7.94. The molecule has 13 heteroatoms. The summed E-state index contributed by atoms with van der Waals surface area (Å²) in [5.41, 5.74) is -0.146. The lowest BCUT2D eigenvalue weighted by Crippen LogP contribution is -2.62. The Kier molecular flexibility index (Phi) is 6.11. The summed E-state index contributed by atoms with van der Waals surface area (Å²) in [5.74, 6) is 0. The quantitative estimate of drug-likeness (QED) is 0.577. The van der Waals surface area contributed by atoms with E-state index in [1.165, 1.54) is 11.2 Å². The molecule has 28 heavy (non-hydrogen) atoms. The summed E-state index contributed by atoms with van der Waals surface area (Å²) in [7, 11) is -7.50. The first-order chi connectivity index (χ1) is 13.0. The lowest BCUT2D eigenvalue weighted by atomic mass is 10.2. The normalized spacial score (nSPS) is 20.4. The molecule has 1 aromatic heterocycles. The van der Waals surface area contributed by atoms with Crippen LogP contribution in [0.25, 0.3) is 0 Å². The number of aromatic nitrogens is 2. The molecule has 0 atom stereocenters. The monoisotopic (exact) mass is 441 g/mol. The first-order valence-corrected chi connectivity index (χ1v) is 12.3. The van der Waals surface area contributed by atoms with Gasteiger partial charge in [-0.1, -0.05) is 0 Å². The van der Waals surface area contributed by atoms with E-state index >= 15 is 0 Å². The van der Waals surface area contributed by atoms with E-state index in [1.807, 2.05) is 0 Å². The fourth-order valence-electron chi connectivity index (χ4n) is 3.66. The van der Waals surface area contributed by atoms with E-state index in [0.29, 0.717) is 17.8 Å². The van der Waals surface area contributed by atoms with Gasteiger partial charge in [0.1, 0.15) is 4.90 Å². The summed E-state index contributed by atoms with van der Waals surface area (Å²) in [6.45, 7) is 1.12. The van der Waals surface area contributed by atoms with Crippen LogP contribution in [-0.4, -0.2) is 91.7 Å². The van der Waals surface area contributed by atoms with Crippen molar-refractivity contribution in [1.82, 2.24) is 23.3 Å². The Morgan fingerprint density at radius 1 is 1.21 bits per heavy atom. The van der Waals surface area contributed by atoms with Crippen LogP contribution in [0.5, 0.6) is 0 Å². The Morgan fingerprint density at radius 3 is 2.32 bits per heavy atom. The average Bonchev–Trinajstić information content (AvgIpc) is 3.17. The Bertz CT molecular complexity index is 907. The summed E-state index contributed by atoms with van der Waals surface area (Å²) in [6, 6.07) is -0.460. The topological polar surface area (TPSA) is 95.8 Å². The highest BCUT2D eigenvalue weighted by Gasteiger charge is 2.43. The van der Waals surface area contributed by atoms with Crippen LogP contribution >= 0.6 is 0 Å². The standard InChI is InChI=1S/C15H25F2N5O4S2/c1-12-14(9-18-22(12)15(16)17)28(25,26)20-10-13(11-20)21(27(2,23)24)8-7-19-5-3-4-6-19/h9,13,15H,3-8,10-11H2,1-2H3. The molecule has 3 rings (SSSR count). The predicted octanol–water partition coefficient (Wildman–Crippen LogP) is 0.317. The Balaban J connectivity index is 1.68. The van der Waals surface area contributed by atoms with Gasteiger partial charge in [0.15, 0.2) is 0 Å². The van der Waals surface area contributed by atoms with Crippen molar-refractivity contribution in [2.45, 2.75) is 37.3 Å². The minimum absolute atomic E-state index is 0.00526. The highest BCUT2D eigenvalue weighted by atomic mass is 32.2. The van der Waals surface area contributed by atoms with Crippen molar-refractivity contribution in [3.05, 3.63) is 11.9 Å². The zero-order valence-corrected chi connectivity index (χ0v) is 17.5. The predicted molar refractivity (Wildman–Crippen MR) is 98.0 cm³/mol. The molecule has 2 aliphatic rings. The van der Waals surface area contributed by atoms with Crippen LogP contribution in [0.1, 0.15) is 25.1 Å². The van der Waals surface area contributed by atoms with Crippen LogP contribution in [0.3, 0.4) is 0 Å². The minimum Gasteiger partial charge on any atom is -0.302 e. The number of rotatable bonds is 8. The van der Waals surface area contributed by atoms with Gasteiger partial charge in [0, 0.05) is 26.2 Å². The highest BCUT2D eigenvalue weighted by Crippen LogP contribution is 2.28. The zero-order valence-electron chi connectivity index (χ0n) is 15.8. The van der Waals surface area contributed by atoms with Crippen molar-refractivity contribution < 1.29 is 25.6 Å². The van der Waals surface area contributed by atoms with Crippen LogP contribution in [-0.2, 0) is 20.0 Å². The third-order valence-corrected chi connectivity index (χ3v) is 8.57. The van der Waals surface area contributed by atoms with Crippen molar-refractivity contribution in [3.8, 4) is 0 Å². The molecule has 0 unspecified atom stereocenters. The van der Waals surface area contributed by atoms with Crippen molar-refractivity contribution >= 4 is 20.0 Å². The van der Waals surface area contributed by atoms with E-state index in [-0.39, 0.29) is 23.7 Å². The molecule has 9 nitrogen and oxygen atoms in total. The number of nitrogens with zero attached hydrogens (tertiary/aromatic N) is 5. The number of halogens is 2. The number of hydrogen-bond acceptors (Lipinski definition) is 6. The van der Waals surface area contributed by atoms with Gasteiger partial charge in [-0.05, 0) is 32.9 Å². The Hall–Kier alpha value is -1.15. The van der Waals surface area contributed by atoms with Crippen LogP contribution < -0.4 is 0 Å². The van der Waals surface area contributed by atoms with E-state index in [9.17, 15) is 25.6 Å². The average molecular weight is 442 g/mol. The molecule has 0 aromatic carbocycles. The molecular weight excluding hydrogens is 416 g/mol. The van der Waals surface area contributed by atoms with Gasteiger partial charge in [0.2, 0.25) is 20.0 Å². The SMILES string of the molecule is Cc1c(S(=O)(=O)N2CC(N(CCN3CCCC3)S(C)(=O)=O)C2)cnn1C(F)F. The van der Waals surface area contributed by atoms with Crippen molar-refractivity contribution in [3.63, 3.8) is 0 Å². The molecule has 2 saturated heterocycles. The molecule has 0 bridgehead atoms. The number of alkyl halides is 2. The highest BCUT2D eigenvalue weighted by molar-refractivity contribution is 7.89. The summed E-state index contributed by atoms with van der Waals surface area (Å²) in [5, 5.41) is 3.44. The smallest absolute Gasteiger partial charge is 0.302 e. The molecule has 2 aliphatic heterocycles. The molecule has 0 aliphatic carbocycles. The van der Waals surface area contributed by atoms with Crippen LogP contribution in [0.2, 0.25) is 0 Å². The van der Waals surface area contributed by atoms with Crippen molar-refractivity contribution in [2.75, 3.05) is 45.5 Å². The number of hydrogen-bond donors (Lipinski definition) is 0. The van der Waals surface area contributed by atoms with Gasteiger partial charge < -0.3 is 4.90 Å². The molecule has 0 amide bonds. The first-order valence-electron chi connectivity index (χ1n) is 9.03. The number of likely N-dealkylation sites (tertiary alicyclic amines) is 1. The Labute approximate surface area is 164 Å². The molecule has 0 radical (unpaired) electrons. The molecule has 160 valence electrons. The van der Waals surface area contributed by atoms with Crippen molar-refractivity contribution in [1.29, 1.82) is 0 Å². The van der Waals surface area contributed by atoms with E-state index < -0.39 is 32.6 Å². The lowest BCUT2D eigenvalue weighted by Gasteiger charge is -2.43. The summed E-state index contributed by atoms with van der Waals surface area (Å²) >= 11 is 0. The van der Waals surface area contributed by atoms with Crippen LogP contribution in [0.4, 0.5) is 8.78 Å². The fourth-order valence-corrected chi connectivity index (χ4v) is 6.41. The van der Waals surface area contributed by atoms with Gasteiger partial charge in [-0.15, -0.1) is 0 Å². The van der Waals surface area contributed by atoms with Gasteiger partial charge in [0.05, 0.1) is 24.2 Å². The summed E-state index contributed by atoms with van der Waals surface area (Å²) in [6.07, 6.45) is 4.22. The maximum Gasteiger partial charge on any atom is 0.333 e. The van der Waals surface area contributed by atoms with Gasteiger partial charge in [-0.3, -0.25) is 0 Å². The van der Waals surface area contributed by atoms with Crippen LogP contribution in [0, 0.1) is 6.92 Å². The third kappa shape index (κ3) is 4.22. The maximum absolute atomic E-state index is 12.9. The number of sulfonamides is 2. The lowest BCUT2D eigenvalue weighted by molar-refractivity contribution is 0.0541. The van der Waals surface area contributed by atoms with Gasteiger partial charge >= 0.3 is 6.55 Å². The molecule has 0 saturated carbocycles. The third-order valence-electron chi connectivity index (χ3n) is 5.30. The second-order valence-electron chi connectivity index (χ2n) is 7.21. The summed E-state index contributed by atoms with van der Waals surface area (Å²) in [4.78, 5) is 1.90. The van der Waals surface area contributed by atoms with Crippen molar-refractivity contribution in [2.24, 2.45) is 0 Å². The molecule has 1 aromatic rings. The van der Waals surface area contributed by atoms with Gasteiger partial charge in [-0.25, -0.2) is 21.5 Å². The second-order valence-corrected chi connectivity index (χ2v) is 11.1. The van der Waals surface area contributed by atoms with E-state index in [2.05, 4.69) is 10.00 Å². The molecule has 0 spiro atoms. The molecule has 0 N–H and O–H groups in total. The molecular formula is C15H25F2N5O4S2. The van der Waals surface area contributed by atoms with Gasteiger partial charge in [0.25, 0.3) is 0 Å². The van der Waals surface area contributed by atoms with Gasteiger partial charge in [-0.2, -0.15) is 22.5 Å². The van der Waals surface area contributed by atoms with Crippen LogP contribution in [0.15, 0.2) is 11.1 Å². The van der Waals surface area contributed by atoms with E-state index in [4.69, 9.17) is 0 Å². The minimum atomic E-state index is -4.00.